The van der Waals surface area contributed by atoms with E-state index in [1.807, 2.05) is 24.5 Å². The van der Waals surface area contributed by atoms with Gasteiger partial charge in [0.25, 0.3) is 0 Å². The highest BCUT2D eigenvalue weighted by Gasteiger charge is 1.90. The summed E-state index contributed by atoms with van der Waals surface area (Å²) in [7, 11) is 0. The van der Waals surface area contributed by atoms with Gasteiger partial charge in [-0.1, -0.05) is 0 Å². The molecule has 1 aromatic heterocycles. The van der Waals surface area contributed by atoms with Gasteiger partial charge in [0.15, 0.2) is 0 Å². The first kappa shape index (κ1) is 9.76. The van der Waals surface area contributed by atoms with Crippen LogP contribution in [-0.4, -0.2) is 18.1 Å². The third kappa shape index (κ3) is 4.29. The van der Waals surface area contributed by atoms with E-state index < -0.39 is 0 Å². The lowest BCUT2D eigenvalue weighted by atomic mass is 10.2. The number of hydrogen-bond acceptors (Lipinski definition) is 2. The van der Waals surface area contributed by atoms with Crippen molar-refractivity contribution in [1.82, 2.24) is 10.3 Å². The van der Waals surface area contributed by atoms with Crippen molar-refractivity contribution >= 4 is 0 Å². The van der Waals surface area contributed by atoms with Gasteiger partial charge in [-0.2, -0.15) is 0 Å². The van der Waals surface area contributed by atoms with Crippen molar-refractivity contribution in [3.63, 3.8) is 0 Å². The first-order chi connectivity index (χ1) is 6.43. The summed E-state index contributed by atoms with van der Waals surface area (Å²) in [5.41, 5.74) is 1.31. The molecule has 13 heavy (non-hydrogen) atoms. The largest absolute Gasteiger partial charge is 0.315 e. The molecule has 0 unspecified atom stereocenters. The first-order valence-electron chi connectivity index (χ1n) is 4.46. The lowest BCUT2D eigenvalue weighted by Crippen LogP contribution is -2.17. The van der Waals surface area contributed by atoms with E-state index in [2.05, 4.69) is 16.2 Å². The van der Waals surface area contributed by atoms with Crippen LogP contribution >= 0.6 is 0 Å². The molecular weight excluding hydrogens is 160 g/mol. The zero-order chi connectivity index (χ0) is 9.36. The minimum atomic E-state index is 0.802. The van der Waals surface area contributed by atoms with Gasteiger partial charge in [-0.3, -0.25) is 4.98 Å². The molecule has 0 saturated carbocycles. The SMILES string of the molecule is C#CCCNCCc1ccncc1. The maximum absolute atomic E-state index is 5.12. The molecule has 0 spiro atoms. The van der Waals surface area contributed by atoms with Crippen molar-refractivity contribution in [3.8, 4) is 12.3 Å². The Morgan fingerprint density at radius 2 is 2.08 bits per heavy atom. The number of nitrogens with one attached hydrogen (secondary N) is 1. The van der Waals surface area contributed by atoms with Gasteiger partial charge in [-0.25, -0.2) is 0 Å². The van der Waals surface area contributed by atoms with E-state index in [4.69, 9.17) is 6.42 Å². The summed E-state index contributed by atoms with van der Waals surface area (Å²) in [6.45, 7) is 1.88. The molecule has 1 rings (SSSR count). The van der Waals surface area contributed by atoms with Gasteiger partial charge in [0.05, 0.1) is 0 Å². The molecule has 0 bridgehead atoms. The van der Waals surface area contributed by atoms with Gasteiger partial charge in [-0.05, 0) is 30.7 Å². The predicted molar refractivity (Wildman–Crippen MR) is 54.3 cm³/mol. The maximum atomic E-state index is 5.12. The second-order valence-electron chi connectivity index (χ2n) is 2.81. The summed E-state index contributed by atoms with van der Waals surface area (Å²) >= 11 is 0. The number of nitrogens with zero attached hydrogens (tertiary/aromatic N) is 1. The van der Waals surface area contributed by atoms with E-state index in [0.29, 0.717) is 0 Å². The summed E-state index contributed by atoms with van der Waals surface area (Å²) in [5, 5.41) is 3.27. The molecule has 0 aromatic carbocycles. The topological polar surface area (TPSA) is 24.9 Å². The van der Waals surface area contributed by atoms with Gasteiger partial charge < -0.3 is 5.32 Å². The van der Waals surface area contributed by atoms with Crippen LogP contribution in [0.1, 0.15) is 12.0 Å². The number of terminal acetylenes is 1. The molecular formula is C11H14N2. The monoisotopic (exact) mass is 174 g/mol. The van der Waals surface area contributed by atoms with E-state index >= 15 is 0 Å². The van der Waals surface area contributed by atoms with Crippen LogP contribution < -0.4 is 5.32 Å². The van der Waals surface area contributed by atoms with Crippen molar-refractivity contribution in [2.45, 2.75) is 12.8 Å². The Hall–Kier alpha value is -1.33. The summed E-state index contributed by atoms with van der Waals surface area (Å²) in [6, 6.07) is 4.06. The Balaban J connectivity index is 2.11. The van der Waals surface area contributed by atoms with Gasteiger partial charge in [0.1, 0.15) is 0 Å². The van der Waals surface area contributed by atoms with Gasteiger partial charge >= 0.3 is 0 Å². The molecule has 1 heterocycles. The molecule has 0 radical (unpaired) electrons. The van der Waals surface area contributed by atoms with Gasteiger partial charge in [-0.15, -0.1) is 12.3 Å². The smallest absolute Gasteiger partial charge is 0.0270 e. The van der Waals surface area contributed by atoms with Crippen molar-refractivity contribution in [2.75, 3.05) is 13.1 Å². The molecule has 0 atom stereocenters. The van der Waals surface area contributed by atoms with E-state index in [1.54, 1.807) is 0 Å². The van der Waals surface area contributed by atoms with Crippen LogP contribution in [0.5, 0.6) is 0 Å². The number of rotatable bonds is 5. The highest BCUT2D eigenvalue weighted by Crippen LogP contribution is 1.95. The van der Waals surface area contributed by atoms with Crippen molar-refractivity contribution in [2.24, 2.45) is 0 Å². The van der Waals surface area contributed by atoms with Crippen molar-refractivity contribution in [1.29, 1.82) is 0 Å². The Labute approximate surface area is 79.4 Å². The van der Waals surface area contributed by atoms with Crippen LogP contribution in [0.15, 0.2) is 24.5 Å². The molecule has 1 N–H and O–H groups in total. The zero-order valence-corrected chi connectivity index (χ0v) is 7.66. The van der Waals surface area contributed by atoms with Gasteiger partial charge in [0.2, 0.25) is 0 Å². The Morgan fingerprint density at radius 3 is 2.77 bits per heavy atom. The number of pyridine rings is 1. The predicted octanol–water partition coefficient (Wildman–Crippen LogP) is 1.24. The van der Waals surface area contributed by atoms with Crippen LogP contribution in [0.4, 0.5) is 0 Å². The van der Waals surface area contributed by atoms with Crippen LogP contribution in [0.2, 0.25) is 0 Å². The quantitative estimate of drug-likeness (QED) is 0.536. The molecule has 0 aliphatic heterocycles. The lowest BCUT2D eigenvalue weighted by Gasteiger charge is -2.01. The fourth-order valence-corrected chi connectivity index (χ4v) is 1.07. The third-order valence-corrected chi connectivity index (χ3v) is 1.79. The lowest BCUT2D eigenvalue weighted by molar-refractivity contribution is 0.694. The molecule has 0 amide bonds. The molecule has 0 aliphatic rings. The average molecular weight is 174 g/mol. The third-order valence-electron chi connectivity index (χ3n) is 1.79. The second kappa shape index (κ2) is 6.22. The molecule has 1 aromatic rings. The fraction of sp³-hybridized carbons (Fsp3) is 0.364. The van der Waals surface area contributed by atoms with Crippen LogP contribution in [0.25, 0.3) is 0 Å². The maximum Gasteiger partial charge on any atom is 0.0270 e. The normalized spacial score (nSPS) is 9.46. The zero-order valence-electron chi connectivity index (χ0n) is 7.66. The van der Waals surface area contributed by atoms with Crippen LogP contribution in [0, 0.1) is 12.3 Å². The second-order valence-corrected chi connectivity index (χ2v) is 2.81. The molecule has 0 aliphatic carbocycles. The Morgan fingerprint density at radius 1 is 1.31 bits per heavy atom. The summed E-state index contributed by atoms with van der Waals surface area (Å²) < 4.78 is 0. The summed E-state index contributed by atoms with van der Waals surface area (Å²) in [5.74, 6) is 2.59. The minimum absolute atomic E-state index is 0.802. The summed E-state index contributed by atoms with van der Waals surface area (Å²) in [4.78, 5) is 3.96. The molecule has 68 valence electrons. The highest BCUT2D eigenvalue weighted by molar-refractivity contribution is 5.09. The number of aromatic nitrogens is 1. The minimum Gasteiger partial charge on any atom is -0.315 e. The van der Waals surface area contributed by atoms with E-state index in [-0.39, 0.29) is 0 Å². The van der Waals surface area contributed by atoms with E-state index in [9.17, 15) is 0 Å². The molecule has 2 nitrogen and oxygen atoms in total. The van der Waals surface area contributed by atoms with Gasteiger partial charge in [0, 0.05) is 25.4 Å². The van der Waals surface area contributed by atoms with Crippen molar-refractivity contribution < 1.29 is 0 Å². The Kier molecular flexibility index (Phi) is 4.66. The van der Waals surface area contributed by atoms with Crippen molar-refractivity contribution in [3.05, 3.63) is 30.1 Å². The van der Waals surface area contributed by atoms with E-state index in [0.717, 1.165) is 25.9 Å². The Bertz CT molecular complexity index is 261. The average Bonchev–Trinajstić information content (AvgIpc) is 2.19. The summed E-state index contributed by atoms with van der Waals surface area (Å²) in [6.07, 6.45) is 10.6. The molecule has 2 heteroatoms. The first-order valence-corrected chi connectivity index (χ1v) is 4.46. The highest BCUT2D eigenvalue weighted by atomic mass is 14.8. The number of hydrogen-bond donors (Lipinski definition) is 1. The standard InChI is InChI=1S/C11H14N2/c1-2-3-7-12-8-4-11-5-9-13-10-6-11/h1,5-6,9-10,12H,3-4,7-8H2. The van der Waals surface area contributed by atoms with E-state index in [1.165, 1.54) is 5.56 Å². The fourth-order valence-electron chi connectivity index (χ4n) is 1.07. The molecule has 0 fully saturated rings. The van der Waals surface area contributed by atoms with Crippen LogP contribution in [-0.2, 0) is 6.42 Å². The molecule has 0 saturated heterocycles. The van der Waals surface area contributed by atoms with Crippen LogP contribution in [0.3, 0.4) is 0 Å².